The van der Waals surface area contributed by atoms with Crippen molar-refractivity contribution in [1.29, 1.82) is 0 Å². The minimum absolute atomic E-state index is 0.0753. The van der Waals surface area contributed by atoms with Gasteiger partial charge in [-0.05, 0) is 30.5 Å². The van der Waals surface area contributed by atoms with Gasteiger partial charge in [0, 0.05) is 16.9 Å². The number of carbonyl (C=O) groups is 3. The number of hydrazine groups is 1. The first-order valence-corrected chi connectivity index (χ1v) is 7.54. The zero-order valence-corrected chi connectivity index (χ0v) is 13.0. The van der Waals surface area contributed by atoms with Gasteiger partial charge in [-0.1, -0.05) is 35.9 Å². The fourth-order valence-electron chi connectivity index (χ4n) is 2.42. The molecule has 2 amide bonds. The topological polar surface area (TPSA) is 98.3 Å². The second-order valence-corrected chi connectivity index (χ2v) is 5.75. The molecule has 0 spiro atoms. The molecule has 1 aromatic carbocycles. The van der Waals surface area contributed by atoms with E-state index in [4.69, 9.17) is 11.6 Å². The number of allylic oxidation sites excluding steroid dienone is 2. The van der Waals surface area contributed by atoms with E-state index in [-0.39, 0.29) is 12.8 Å². The third kappa shape index (κ3) is 4.82. The molecule has 23 heavy (non-hydrogen) atoms. The van der Waals surface area contributed by atoms with Crippen LogP contribution in [0, 0.1) is 11.8 Å². The molecule has 0 aliphatic heterocycles. The van der Waals surface area contributed by atoms with Crippen LogP contribution in [0.2, 0.25) is 5.02 Å². The minimum Gasteiger partial charge on any atom is -0.550 e. The Morgan fingerprint density at radius 1 is 1.04 bits per heavy atom. The van der Waals surface area contributed by atoms with Crippen molar-refractivity contribution in [2.24, 2.45) is 11.8 Å². The quantitative estimate of drug-likeness (QED) is 0.613. The van der Waals surface area contributed by atoms with Crippen LogP contribution < -0.4 is 16.0 Å². The number of benzene rings is 1. The first-order chi connectivity index (χ1) is 11.0. The van der Waals surface area contributed by atoms with E-state index in [1.165, 1.54) is 0 Å². The lowest BCUT2D eigenvalue weighted by Crippen LogP contribution is -2.49. The largest absolute Gasteiger partial charge is 0.550 e. The summed E-state index contributed by atoms with van der Waals surface area (Å²) in [6.45, 7) is 0. The van der Waals surface area contributed by atoms with Gasteiger partial charge >= 0.3 is 0 Å². The second-order valence-electron chi connectivity index (χ2n) is 5.32. The highest BCUT2D eigenvalue weighted by molar-refractivity contribution is 6.30. The Balaban J connectivity index is 1.85. The number of rotatable bonds is 4. The lowest BCUT2D eigenvalue weighted by atomic mass is 9.82. The van der Waals surface area contributed by atoms with Gasteiger partial charge in [-0.15, -0.1) is 0 Å². The summed E-state index contributed by atoms with van der Waals surface area (Å²) in [7, 11) is 0. The lowest BCUT2D eigenvalue weighted by molar-refractivity contribution is -0.313. The summed E-state index contributed by atoms with van der Waals surface area (Å²) in [5, 5.41) is 11.6. The molecular weight excluding hydrogens is 320 g/mol. The molecule has 122 valence electrons. The molecule has 2 N–H and O–H groups in total. The molecule has 6 nitrogen and oxygen atoms in total. The van der Waals surface area contributed by atoms with Gasteiger partial charge in [-0.3, -0.25) is 20.4 Å². The predicted molar refractivity (Wildman–Crippen MR) is 81.8 cm³/mol. The summed E-state index contributed by atoms with van der Waals surface area (Å²) >= 11 is 5.76. The van der Waals surface area contributed by atoms with Crippen LogP contribution in [0.3, 0.4) is 0 Å². The van der Waals surface area contributed by atoms with Crippen molar-refractivity contribution >= 4 is 29.4 Å². The van der Waals surface area contributed by atoms with Gasteiger partial charge in [-0.2, -0.15) is 0 Å². The molecule has 2 rings (SSSR count). The van der Waals surface area contributed by atoms with Crippen LogP contribution in [0.25, 0.3) is 0 Å². The summed E-state index contributed by atoms with van der Waals surface area (Å²) in [6.07, 6.45) is 4.09. The maximum absolute atomic E-state index is 12.0. The third-order valence-electron chi connectivity index (χ3n) is 3.67. The highest BCUT2D eigenvalue weighted by atomic mass is 35.5. The van der Waals surface area contributed by atoms with E-state index in [1.54, 1.807) is 36.4 Å². The number of carbonyl (C=O) groups excluding carboxylic acids is 3. The Hall–Kier alpha value is -2.34. The molecule has 7 heteroatoms. The van der Waals surface area contributed by atoms with Crippen LogP contribution in [0.1, 0.15) is 18.4 Å². The number of nitrogens with one attached hydrogen (secondary N) is 2. The summed E-state index contributed by atoms with van der Waals surface area (Å²) < 4.78 is 0. The first kappa shape index (κ1) is 17.0. The fraction of sp³-hybridized carbons (Fsp3) is 0.312. The van der Waals surface area contributed by atoms with E-state index in [0.29, 0.717) is 11.4 Å². The number of hydrogen-bond donors (Lipinski definition) is 2. The molecule has 0 fully saturated rings. The molecule has 1 aliphatic rings. The van der Waals surface area contributed by atoms with Crippen LogP contribution >= 0.6 is 11.6 Å². The molecule has 0 heterocycles. The maximum Gasteiger partial charge on any atom is 0.242 e. The van der Waals surface area contributed by atoms with Crippen LogP contribution in [0.5, 0.6) is 0 Å². The maximum atomic E-state index is 12.0. The molecule has 0 saturated carbocycles. The molecule has 0 radical (unpaired) electrons. The normalized spacial score (nSPS) is 19.9. The van der Waals surface area contributed by atoms with Crippen molar-refractivity contribution < 1.29 is 19.5 Å². The van der Waals surface area contributed by atoms with Gasteiger partial charge in [-0.25, -0.2) is 0 Å². The van der Waals surface area contributed by atoms with Crippen molar-refractivity contribution in [2.75, 3.05) is 0 Å². The molecule has 0 bridgehead atoms. The Bertz CT molecular complexity index is 627. The summed E-state index contributed by atoms with van der Waals surface area (Å²) in [4.78, 5) is 34.9. The van der Waals surface area contributed by atoms with E-state index in [0.717, 1.165) is 5.56 Å². The van der Waals surface area contributed by atoms with Gasteiger partial charge in [0.15, 0.2) is 0 Å². The smallest absolute Gasteiger partial charge is 0.242 e. The van der Waals surface area contributed by atoms with Crippen molar-refractivity contribution in [3.8, 4) is 0 Å². The van der Waals surface area contributed by atoms with Gasteiger partial charge in [0.05, 0.1) is 12.3 Å². The summed E-state index contributed by atoms with van der Waals surface area (Å²) in [6, 6.07) is 6.76. The predicted octanol–water partition coefficient (Wildman–Crippen LogP) is 0.362. The van der Waals surface area contributed by atoms with Gasteiger partial charge in [0.1, 0.15) is 0 Å². The van der Waals surface area contributed by atoms with Crippen molar-refractivity contribution in [1.82, 2.24) is 10.9 Å². The molecule has 1 aliphatic carbocycles. The van der Waals surface area contributed by atoms with Crippen LogP contribution in [0.4, 0.5) is 0 Å². The zero-order chi connectivity index (χ0) is 16.8. The van der Waals surface area contributed by atoms with E-state index in [1.807, 2.05) is 0 Å². The van der Waals surface area contributed by atoms with E-state index in [2.05, 4.69) is 10.9 Å². The number of halogens is 1. The average Bonchev–Trinajstić information content (AvgIpc) is 2.54. The lowest BCUT2D eigenvalue weighted by Gasteiger charge is -2.28. The number of carboxylic acids is 1. The number of carboxylic acid groups (broad SMARTS) is 1. The van der Waals surface area contributed by atoms with Crippen LogP contribution in [-0.2, 0) is 20.8 Å². The van der Waals surface area contributed by atoms with E-state index >= 15 is 0 Å². The highest BCUT2D eigenvalue weighted by Gasteiger charge is 2.29. The Labute approximate surface area is 138 Å². The standard InChI is InChI=1S/C16H17ClN2O4/c17-11-7-5-10(6-8-11)9-14(20)18-19-15(21)12-3-1-2-4-13(12)16(22)23/h1-2,5-8,12-13H,3-4,9H2,(H,18,20)(H,19,21)(H,22,23)/p-1/t12-,13+/m1/s1. The Kier molecular flexibility index (Phi) is 5.76. The number of amides is 2. The second kappa shape index (κ2) is 7.78. The van der Waals surface area contributed by atoms with Crippen molar-refractivity contribution in [3.63, 3.8) is 0 Å². The summed E-state index contributed by atoms with van der Waals surface area (Å²) in [5.41, 5.74) is 5.32. The fourth-order valence-corrected chi connectivity index (χ4v) is 2.55. The zero-order valence-electron chi connectivity index (χ0n) is 12.3. The van der Waals surface area contributed by atoms with Crippen LogP contribution in [0.15, 0.2) is 36.4 Å². The van der Waals surface area contributed by atoms with Gasteiger partial charge < -0.3 is 9.90 Å². The molecule has 2 atom stereocenters. The number of hydrogen-bond acceptors (Lipinski definition) is 4. The van der Waals surface area contributed by atoms with E-state index < -0.39 is 29.6 Å². The molecule has 1 aromatic rings. The van der Waals surface area contributed by atoms with Gasteiger partial charge in [0.2, 0.25) is 11.8 Å². The van der Waals surface area contributed by atoms with Gasteiger partial charge in [0.25, 0.3) is 0 Å². The molecule has 0 unspecified atom stereocenters. The molecule has 0 saturated heterocycles. The average molecular weight is 336 g/mol. The summed E-state index contributed by atoms with van der Waals surface area (Å²) in [5.74, 6) is -3.83. The molecular formula is C16H16ClN2O4-. The van der Waals surface area contributed by atoms with Crippen molar-refractivity contribution in [3.05, 3.63) is 47.0 Å². The monoisotopic (exact) mass is 335 g/mol. The number of aliphatic carboxylic acids is 1. The van der Waals surface area contributed by atoms with Crippen LogP contribution in [-0.4, -0.2) is 17.8 Å². The SMILES string of the molecule is O=C(Cc1ccc(Cl)cc1)NNC(=O)[C@@H]1CC=CC[C@@H]1C(=O)[O-]. The minimum atomic E-state index is -1.26. The van der Waals surface area contributed by atoms with E-state index in [9.17, 15) is 19.5 Å². The first-order valence-electron chi connectivity index (χ1n) is 7.16. The molecule has 0 aromatic heterocycles. The Morgan fingerprint density at radius 3 is 2.26 bits per heavy atom. The van der Waals surface area contributed by atoms with Crippen molar-refractivity contribution in [2.45, 2.75) is 19.3 Å². The Morgan fingerprint density at radius 2 is 1.65 bits per heavy atom. The highest BCUT2D eigenvalue weighted by Crippen LogP contribution is 2.25. The third-order valence-corrected chi connectivity index (χ3v) is 3.93.